The maximum Gasteiger partial charge on any atom is 0.251 e. The molecule has 1 aromatic heterocycles. The number of anilines is 3. The summed E-state index contributed by atoms with van der Waals surface area (Å²) in [6.07, 6.45) is 1.68. The van der Waals surface area contributed by atoms with E-state index in [1.807, 2.05) is 36.4 Å². The Kier molecular flexibility index (Phi) is 13.3. The van der Waals surface area contributed by atoms with E-state index < -0.39 is 0 Å². The van der Waals surface area contributed by atoms with Crippen LogP contribution in [-0.4, -0.2) is 80.0 Å². The zero-order chi connectivity index (χ0) is 26.7. The molecular weight excluding hydrogens is 484 g/mol. The molecule has 0 atom stereocenters. The molecule has 11 heteroatoms. The molecule has 3 aromatic rings. The van der Waals surface area contributed by atoms with Gasteiger partial charge >= 0.3 is 0 Å². The summed E-state index contributed by atoms with van der Waals surface area (Å²) in [5.74, 6) is 1.35. The van der Waals surface area contributed by atoms with Gasteiger partial charge in [0, 0.05) is 31.7 Å². The molecule has 1 amide bonds. The largest absolute Gasteiger partial charge is 0.377 e. The number of rotatable bonds is 19. The van der Waals surface area contributed by atoms with Crippen LogP contribution in [-0.2, 0) is 15.9 Å². The Balaban J connectivity index is 1.31. The van der Waals surface area contributed by atoms with Crippen molar-refractivity contribution in [1.82, 2.24) is 20.3 Å². The van der Waals surface area contributed by atoms with Gasteiger partial charge in [0.1, 0.15) is 0 Å². The quantitative estimate of drug-likeness (QED) is 0.148. The molecule has 0 aliphatic rings. The predicted octanol–water partition coefficient (Wildman–Crippen LogP) is 2.16. The number of amides is 1. The molecule has 0 aliphatic heterocycles. The molecule has 6 N–H and O–H groups in total. The molecule has 3 rings (SSSR count). The van der Waals surface area contributed by atoms with Crippen LogP contribution in [0.5, 0.6) is 0 Å². The SMILES string of the molecule is NCCCNc1nc(NCCOCCOCCNC(=O)c2ccccc2)nc(NCCc2ccccc2)n1. The normalized spacial score (nSPS) is 10.7. The van der Waals surface area contributed by atoms with E-state index in [-0.39, 0.29) is 5.91 Å². The van der Waals surface area contributed by atoms with E-state index in [0.717, 1.165) is 12.8 Å². The molecule has 0 bridgehead atoms. The van der Waals surface area contributed by atoms with Gasteiger partial charge in [-0.2, -0.15) is 15.0 Å². The first-order valence-corrected chi connectivity index (χ1v) is 12.9. The molecule has 2 aromatic carbocycles. The van der Waals surface area contributed by atoms with E-state index in [9.17, 15) is 4.79 Å². The minimum Gasteiger partial charge on any atom is -0.377 e. The molecule has 204 valence electrons. The summed E-state index contributed by atoms with van der Waals surface area (Å²) < 4.78 is 11.1. The first-order chi connectivity index (χ1) is 18.7. The predicted molar refractivity (Wildman–Crippen MR) is 150 cm³/mol. The number of benzene rings is 2. The molecule has 0 aliphatic carbocycles. The first-order valence-electron chi connectivity index (χ1n) is 12.9. The summed E-state index contributed by atoms with van der Waals surface area (Å²) in [6.45, 7) is 4.73. The zero-order valence-corrected chi connectivity index (χ0v) is 21.7. The third-order valence-corrected chi connectivity index (χ3v) is 5.31. The Morgan fingerprint density at radius 3 is 1.87 bits per heavy atom. The number of aromatic nitrogens is 3. The Morgan fingerprint density at radius 1 is 0.684 bits per heavy atom. The number of nitrogens with two attached hydrogens (primary N) is 1. The van der Waals surface area contributed by atoms with Crippen molar-refractivity contribution in [2.45, 2.75) is 12.8 Å². The molecule has 0 spiro atoms. The fourth-order valence-electron chi connectivity index (χ4n) is 3.36. The Bertz CT molecular complexity index is 1060. The van der Waals surface area contributed by atoms with Crippen molar-refractivity contribution in [3.05, 3.63) is 71.8 Å². The average Bonchev–Trinajstić information content (AvgIpc) is 2.95. The van der Waals surface area contributed by atoms with Gasteiger partial charge in [0.25, 0.3) is 5.91 Å². The highest BCUT2D eigenvalue weighted by Crippen LogP contribution is 2.10. The van der Waals surface area contributed by atoms with E-state index in [1.165, 1.54) is 5.56 Å². The highest BCUT2D eigenvalue weighted by molar-refractivity contribution is 5.94. The van der Waals surface area contributed by atoms with Crippen molar-refractivity contribution >= 4 is 23.8 Å². The minimum atomic E-state index is -0.109. The summed E-state index contributed by atoms with van der Waals surface area (Å²) in [4.78, 5) is 25.3. The van der Waals surface area contributed by atoms with Gasteiger partial charge in [-0.05, 0) is 37.1 Å². The smallest absolute Gasteiger partial charge is 0.251 e. The van der Waals surface area contributed by atoms with Gasteiger partial charge in [-0.1, -0.05) is 48.5 Å². The van der Waals surface area contributed by atoms with E-state index >= 15 is 0 Å². The molecule has 0 saturated carbocycles. The zero-order valence-electron chi connectivity index (χ0n) is 21.7. The summed E-state index contributed by atoms with van der Waals surface area (Å²) in [7, 11) is 0. The maximum absolute atomic E-state index is 12.0. The van der Waals surface area contributed by atoms with E-state index in [2.05, 4.69) is 48.4 Å². The third kappa shape index (κ3) is 11.5. The number of ether oxygens (including phenoxy) is 2. The van der Waals surface area contributed by atoms with Gasteiger partial charge in [0.05, 0.1) is 26.4 Å². The lowest BCUT2D eigenvalue weighted by Crippen LogP contribution is -2.27. The van der Waals surface area contributed by atoms with Crippen LogP contribution in [0.25, 0.3) is 0 Å². The fourth-order valence-corrected chi connectivity index (χ4v) is 3.36. The molecule has 0 fully saturated rings. The summed E-state index contributed by atoms with van der Waals surface area (Å²) in [5.41, 5.74) is 7.47. The first kappa shape index (κ1) is 28.8. The van der Waals surface area contributed by atoms with Crippen LogP contribution in [0.2, 0.25) is 0 Å². The van der Waals surface area contributed by atoms with Gasteiger partial charge in [-0.3, -0.25) is 4.79 Å². The van der Waals surface area contributed by atoms with Crippen molar-refractivity contribution in [3.63, 3.8) is 0 Å². The standard InChI is InChI=1S/C27H38N8O3/c28-13-7-14-30-25-33-26(31-15-12-22-8-3-1-4-9-22)35-27(34-25)32-17-19-38-21-20-37-18-16-29-24(36)23-10-5-2-6-11-23/h1-6,8-11H,7,12-21,28H2,(H,29,36)(H3,30,31,32,33,34,35). The molecular formula is C27H38N8O3. The Morgan fingerprint density at radius 2 is 1.24 bits per heavy atom. The molecule has 0 unspecified atom stereocenters. The van der Waals surface area contributed by atoms with E-state index in [0.29, 0.717) is 82.6 Å². The Labute approximate surface area is 224 Å². The summed E-state index contributed by atoms with van der Waals surface area (Å²) in [5, 5.41) is 12.5. The van der Waals surface area contributed by atoms with Gasteiger partial charge in [0.2, 0.25) is 17.8 Å². The van der Waals surface area contributed by atoms with Crippen LogP contribution in [0.1, 0.15) is 22.3 Å². The number of nitrogens with zero attached hydrogens (tertiary/aromatic N) is 3. The summed E-state index contributed by atoms with van der Waals surface area (Å²) >= 11 is 0. The second-order valence-electron chi connectivity index (χ2n) is 8.31. The van der Waals surface area contributed by atoms with Gasteiger partial charge < -0.3 is 36.5 Å². The molecule has 0 radical (unpaired) electrons. The maximum atomic E-state index is 12.0. The average molecular weight is 523 g/mol. The topological polar surface area (TPSA) is 148 Å². The van der Waals surface area contributed by atoms with Crippen molar-refractivity contribution in [1.29, 1.82) is 0 Å². The molecule has 0 saturated heterocycles. The lowest BCUT2D eigenvalue weighted by molar-refractivity contribution is 0.0519. The number of hydrogen-bond acceptors (Lipinski definition) is 10. The number of nitrogens with one attached hydrogen (secondary N) is 4. The lowest BCUT2D eigenvalue weighted by Gasteiger charge is -2.12. The highest BCUT2D eigenvalue weighted by Gasteiger charge is 2.07. The number of carbonyl (C=O) groups is 1. The van der Waals surface area contributed by atoms with Crippen molar-refractivity contribution < 1.29 is 14.3 Å². The van der Waals surface area contributed by atoms with Gasteiger partial charge in [-0.25, -0.2) is 0 Å². The van der Waals surface area contributed by atoms with Crippen LogP contribution in [0.15, 0.2) is 60.7 Å². The van der Waals surface area contributed by atoms with Crippen LogP contribution >= 0.6 is 0 Å². The summed E-state index contributed by atoms with van der Waals surface area (Å²) in [6, 6.07) is 19.3. The molecule has 38 heavy (non-hydrogen) atoms. The lowest BCUT2D eigenvalue weighted by atomic mass is 10.1. The highest BCUT2D eigenvalue weighted by atomic mass is 16.5. The third-order valence-electron chi connectivity index (χ3n) is 5.31. The fraction of sp³-hybridized carbons (Fsp3) is 0.407. The monoisotopic (exact) mass is 522 g/mol. The second kappa shape index (κ2) is 17.6. The van der Waals surface area contributed by atoms with E-state index in [1.54, 1.807) is 12.1 Å². The number of carbonyl (C=O) groups excluding carboxylic acids is 1. The van der Waals surface area contributed by atoms with Crippen molar-refractivity contribution in [2.24, 2.45) is 5.73 Å². The van der Waals surface area contributed by atoms with Gasteiger partial charge in [-0.15, -0.1) is 0 Å². The minimum absolute atomic E-state index is 0.109. The molecule has 11 nitrogen and oxygen atoms in total. The second-order valence-corrected chi connectivity index (χ2v) is 8.31. The van der Waals surface area contributed by atoms with Crippen LogP contribution in [0.3, 0.4) is 0 Å². The van der Waals surface area contributed by atoms with Crippen molar-refractivity contribution in [2.75, 3.05) is 75.1 Å². The number of hydrogen-bond donors (Lipinski definition) is 5. The van der Waals surface area contributed by atoms with Crippen LogP contribution < -0.4 is 27.0 Å². The van der Waals surface area contributed by atoms with Crippen LogP contribution in [0, 0.1) is 0 Å². The molecule has 1 heterocycles. The van der Waals surface area contributed by atoms with Crippen molar-refractivity contribution in [3.8, 4) is 0 Å². The van der Waals surface area contributed by atoms with Gasteiger partial charge in [0.15, 0.2) is 0 Å². The van der Waals surface area contributed by atoms with E-state index in [4.69, 9.17) is 15.2 Å². The Hall–Kier alpha value is -3.80. The van der Waals surface area contributed by atoms with Crippen LogP contribution in [0.4, 0.5) is 17.8 Å².